The summed E-state index contributed by atoms with van der Waals surface area (Å²) in [7, 11) is 0. The number of aromatic amines is 1. The lowest BCUT2D eigenvalue weighted by molar-refractivity contribution is 0.102. The second kappa shape index (κ2) is 5.51. The Morgan fingerprint density at radius 2 is 2.26 bits per heavy atom. The van der Waals surface area contributed by atoms with E-state index in [1.807, 2.05) is 13.8 Å². The number of carbonyl (C=O) groups is 1. The van der Waals surface area contributed by atoms with Crippen LogP contribution in [0.3, 0.4) is 0 Å². The fourth-order valence-corrected chi connectivity index (χ4v) is 1.81. The van der Waals surface area contributed by atoms with Gasteiger partial charge in [0.1, 0.15) is 5.69 Å². The first-order valence-electron chi connectivity index (χ1n) is 6.04. The van der Waals surface area contributed by atoms with E-state index in [-0.39, 0.29) is 5.91 Å². The molecule has 2 rings (SSSR count). The predicted molar refractivity (Wildman–Crippen MR) is 71.4 cm³/mol. The summed E-state index contributed by atoms with van der Waals surface area (Å²) in [5, 5.41) is 9.58. The summed E-state index contributed by atoms with van der Waals surface area (Å²) >= 11 is 0. The lowest BCUT2D eigenvalue weighted by atomic mass is 10.2. The lowest BCUT2D eigenvalue weighted by Crippen LogP contribution is -2.15. The number of pyridine rings is 1. The lowest BCUT2D eigenvalue weighted by Gasteiger charge is -2.10. The standard InChI is InChI=1S/C13H16N4O2/c1-4-19-13-10(6-5-7-14-13)15-12(18)11-8(2)16-17-9(11)3/h5-7H,4H2,1-3H3,(H,15,18)(H,16,17). The van der Waals surface area contributed by atoms with Crippen molar-refractivity contribution in [3.8, 4) is 5.88 Å². The van der Waals surface area contributed by atoms with Gasteiger partial charge in [-0.3, -0.25) is 9.89 Å². The molecule has 0 saturated carbocycles. The van der Waals surface area contributed by atoms with Crippen LogP contribution in [0.2, 0.25) is 0 Å². The molecule has 0 bridgehead atoms. The molecule has 0 radical (unpaired) electrons. The van der Waals surface area contributed by atoms with Crippen molar-refractivity contribution in [2.75, 3.05) is 11.9 Å². The molecule has 0 spiro atoms. The number of anilines is 1. The SMILES string of the molecule is CCOc1ncccc1NC(=O)c1c(C)n[nH]c1C. The number of nitrogens with one attached hydrogen (secondary N) is 2. The maximum Gasteiger partial charge on any atom is 0.259 e. The van der Waals surface area contributed by atoms with Gasteiger partial charge in [-0.25, -0.2) is 4.98 Å². The van der Waals surface area contributed by atoms with E-state index in [1.54, 1.807) is 25.3 Å². The molecule has 0 aliphatic rings. The average Bonchev–Trinajstić information content (AvgIpc) is 2.72. The minimum absolute atomic E-state index is 0.224. The molecule has 2 N–H and O–H groups in total. The normalized spacial score (nSPS) is 10.3. The Morgan fingerprint density at radius 3 is 2.89 bits per heavy atom. The number of aryl methyl sites for hydroxylation is 2. The quantitative estimate of drug-likeness (QED) is 0.882. The van der Waals surface area contributed by atoms with Gasteiger partial charge < -0.3 is 10.1 Å². The van der Waals surface area contributed by atoms with Crippen LogP contribution in [0.4, 0.5) is 5.69 Å². The zero-order valence-electron chi connectivity index (χ0n) is 11.2. The van der Waals surface area contributed by atoms with E-state index < -0.39 is 0 Å². The highest BCUT2D eigenvalue weighted by Crippen LogP contribution is 2.22. The molecule has 2 aromatic heterocycles. The van der Waals surface area contributed by atoms with Gasteiger partial charge in [-0.15, -0.1) is 0 Å². The third-order valence-electron chi connectivity index (χ3n) is 2.66. The maximum absolute atomic E-state index is 12.2. The third kappa shape index (κ3) is 2.73. The summed E-state index contributed by atoms with van der Waals surface area (Å²) in [6.07, 6.45) is 1.62. The van der Waals surface area contributed by atoms with Crippen molar-refractivity contribution in [1.82, 2.24) is 15.2 Å². The summed E-state index contributed by atoms with van der Waals surface area (Å²) in [5.74, 6) is 0.190. The molecule has 2 aromatic rings. The fraction of sp³-hybridized carbons (Fsp3) is 0.308. The number of H-pyrrole nitrogens is 1. The molecule has 100 valence electrons. The van der Waals surface area contributed by atoms with Gasteiger partial charge in [0.2, 0.25) is 5.88 Å². The summed E-state index contributed by atoms with van der Waals surface area (Å²) in [5.41, 5.74) is 2.49. The zero-order chi connectivity index (χ0) is 13.8. The van der Waals surface area contributed by atoms with Crippen molar-refractivity contribution < 1.29 is 9.53 Å². The third-order valence-corrected chi connectivity index (χ3v) is 2.66. The molecule has 6 nitrogen and oxygen atoms in total. The van der Waals surface area contributed by atoms with Crippen LogP contribution in [-0.4, -0.2) is 27.7 Å². The number of aromatic nitrogens is 3. The van der Waals surface area contributed by atoms with Crippen LogP contribution < -0.4 is 10.1 Å². The second-order valence-electron chi connectivity index (χ2n) is 4.05. The molecule has 2 heterocycles. The summed E-state index contributed by atoms with van der Waals surface area (Å²) < 4.78 is 5.37. The number of hydrogen-bond acceptors (Lipinski definition) is 4. The molecule has 0 unspecified atom stereocenters. The highest BCUT2D eigenvalue weighted by atomic mass is 16.5. The molecule has 0 saturated heterocycles. The number of nitrogens with zero attached hydrogens (tertiary/aromatic N) is 2. The molecular formula is C13H16N4O2. The first-order valence-corrected chi connectivity index (χ1v) is 6.04. The summed E-state index contributed by atoms with van der Waals surface area (Å²) in [6, 6.07) is 3.49. The van der Waals surface area contributed by atoms with Crippen LogP contribution in [0.5, 0.6) is 5.88 Å². The molecule has 1 amide bonds. The van der Waals surface area contributed by atoms with Crippen LogP contribution in [0, 0.1) is 13.8 Å². The van der Waals surface area contributed by atoms with Crippen LogP contribution in [0.15, 0.2) is 18.3 Å². The van der Waals surface area contributed by atoms with E-state index in [4.69, 9.17) is 4.74 Å². The van der Waals surface area contributed by atoms with Gasteiger partial charge in [-0.05, 0) is 32.9 Å². The molecule has 6 heteroatoms. The van der Waals surface area contributed by atoms with Gasteiger partial charge in [-0.2, -0.15) is 5.10 Å². The fourth-order valence-electron chi connectivity index (χ4n) is 1.81. The molecule has 19 heavy (non-hydrogen) atoms. The van der Waals surface area contributed by atoms with Gasteiger partial charge in [0.05, 0.1) is 17.9 Å². The molecule has 0 fully saturated rings. The summed E-state index contributed by atoms with van der Waals surface area (Å²) in [6.45, 7) is 5.95. The largest absolute Gasteiger partial charge is 0.476 e. The second-order valence-corrected chi connectivity index (χ2v) is 4.05. The van der Waals surface area contributed by atoms with E-state index in [2.05, 4.69) is 20.5 Å². The van der Waals surface area contributed by atoms with Gasteiger partial charge in [-0.1, -0.05) is 0 Å². The van der Waals surface area contributed by atoms with Gasteiger partial charge in [0.25, 0.3) is 5.91 Å². The molecule has 0 aliphatic carbocycles. The van der Waals surface area contributed by atoms with Crippen LogP contribution >= 0.6 is 0 Å². The zero-order valence-corrected chi connectivity index (χ0v) is 11.2. The maximum atomic E-state index is 12.2. The van der Waals surface area contributed by atoms with Crippen LogP contribution in [0.25, 0.3) is 0 Å². The Labute approximate surface area is 111 Å². The Hall–Kier alpha value is -2.37. The molecule has 0 atom stereocenters. The Kier molecular flexibility index (Phi) is 3.79. The van der Waals surface area contributed by atoms with E-state index in [0.717, 1.165) is 5.69 Å². The van der Waals surface area contributed by atoms with E-state index in [0.29, 0.717) is 29.4 Å². The first kappa shape index (κ1) is 13.1. The predicted octanol–water partition coefficient (Wildman–Crippen LogP) is 2.07. The van der Waals surface area contributed by atoms with Gasteiger partial charge >= 0.3 is 0 Å². The monoisotopic (exact) mass is 260 g/mol. The highest BCUT2D eigenvalue weighted by Gasteiger charge is 2.17. The Morgan fingerprint density at radius 1 is 1.47 bits per heavy atom. The summed E-state index contributed by atoms with van der Waals surface area (Å²) in [4.78, 5) is 16.3. The number of carbonyl (C=O) groups excluding carboxylic acids is 1. The number of rotatable bonds is 4. The van der Waals surface area contributed by atoms with Crippen molar-refractivity contribution >= 4 is 11.6 Å². The number of ether oxygens (including phenoxy) is 1. The highest BCUT2D eigenvalue weighted by molar-refractivity contribution is 6.06. The minimum Gasteiger partial charge on any atom is -0.476 e. The van der Waals surface area contributed by atoms with Crippen LogP contribution in [0.1, 0.15) is 28.7 Å². The van der Waals surface area contributed by atoms with Crippen molar-refractivity contribution in [2.45, 2.75) is 20.8 Å². The number of amides is 1. The average molecular weight is 260 g/mol. The van der Waals surface area contributed by atoms with Gasteiger partial charge in [0, 0.05) is 11.9 Å². The van der Waals surface area contributed by atoms with E-state index >= 15 is 0 Å². The minimum atomic E-state index is -0.224. The van der Waals surface area contributed by atoms with E-state index in [1.165, 1.54) is 0 Å². The first-order chi connectivity index (χ1) is 9.13. The Balaban J connectivity index is 2.24. The van der Waals surface area contributed by atoms with Crippen molar-refractivity contribution in [2.24, 2.45) is 0 Å². The topological polar surface area (TPSA) is 79.9 Å². The van der Waals surface area contributed by atoms with Crippen molar-refractivity contribution in [1.29, 1.82) is 0 Å². The van der Waals surface area contributed by atoms with E-state index in [9.17, 15) is 4.79 Å². The van der Waals surface area contributed by atoms with Gasteiger partial charge in [0.15, 0.2) is 0 Å². The Bertz CT molecular complexity index is 573. The van der Waals surface area contributed by atoms with Crippen LogP contribution in [-0.2, 0) is 0 Å². The molecule has 0 aromatic carbocycles. The van der Waals surface area contributed by atoms with Crippen molar-refractivity contribution in [3.05, 3.63) is 35.3 Å². The molecular weight excluding hydrogens is 244 g/mol. The molecule has 0 aliphatic heterocycles. The van der Waals surface area contributed by atoms with Crippen molar-refractivity contribution in [3.63, 3.8) is 0 Å². The smallest absolute Gasteiger partial charge is 0.259 e. The number of hydrogen-bond donors (Lipinski definition) is 2.